The van der Waals surface area contributed by atoms with Crippen molar-refractivity contribution in [2.45, 2.75) is 25.6 Å². The molecule has 0 spiro atoms. The summed E-state index contributed by atoms with van der Waals surface area (Å²) in [6.45, 7) is 2.62. The summed E-state index contributed by atoms with van der Waals surface area (Å²) in [5.41, 5.74) is 3.05. The maximum atomic E-state index is 13.3. The monoisotopic (exact) mass is 464 g/mol. The number of benzene rings is 1. The Hall–Kier alpha value is -3.02. The maximum Gasteiger partial charge on any atom is 0.256 e. The summed E-state index contributed by atoms with van der Waals surface area (Å²) >= 11 is 3.40. The predicted molar refractivity (Wildman–Crippen MR) is 116 cm³/mol. The summed E-state index contributed by atoms with van der Waals surface area (Å²) in [6.07, 6.45) is 7.71. The van der Waals surface area contributed by atoms with Crippen molar-refractivity contribution >= 4 is 21.8 Å². The van der Waals surface area contributed by atoms with Gasteiger partial charge in [-0.25, -0.2) is 4.98 Å². The summed E-state index contributed by atoms with van der Waals surface area (Å²) in [5, 5.41) is 12.7. The lowest BCUT2D eigenvalue weighted by Gasteiger charge is -2.29. The SMILES string of the molecule is N#Cc1ccccc1Cn1cncc1CN(C(=O)c1cncc(Br)c1)C1CCNC1. The molecule has 1 aliphatic rings. The van der Waals surface area contributed by atoms with Crippen LogP contribution in [-0.4, -0.2) is 44.5 Å². The molecule has 152 valence electrons. The Kier molecular flexibility index (Phi) is 6.21. The van der Waals surface area contributed by atoms with Crippen LogP contribution in [0.25, 0.3) is 0 Å². The number of halogens is 1. The van der Waals surface area contributed by atoms with Gasteiger partial charge in [0, 0.05) is 35.6 Å². The Balaban J connectivity index is 1.61. The van der Waals surface area contributed by atoms with Crippen LogP contribution in [0.1, 0.15) is 33.6 Å². The molecule has 1 fully saturated rings. The number of hydrogen-bond acceptors (Lipinski definition) is 5. The first-order valence-electron chi connectivity index (χ1n) is 9.75. The van der Waals surface area contributed by atoms with Crippen molar-refractivity contribution in [3.8, 4) is 6.07 Å². The minimum absolute atomic E-state index is 0.0531. The highest BCUT2D eigenvalue weighted by atomic mass is 79.9. The third kappa shape index (κ3) is 4.42. The quantitative estimate of drug-likeness (QED) is 0.605. The fourth-order valence-corrected chi connectivity index (χ4v) is 4.08. The van der Waals surface area contributed by atoms with Crippen LogP contribution in [0.3, 0.4) is 0 Å². The molecule has 0 saturated carbocycles. The standard InChI is InChI=1S/C22H21BrN6O/c23-19-7-18(9-26-10-19)22(30)29(20-5-6-25-11-20)14-21-12-27-15-28(21)13-17-4-2-1-3-16(17)8-24/h1-4,7,9-10,12,15,20,25H,5-6,11,13-14H2. The van der Waals surface area contributed by atoms with E-state index < -0.39 is 0 Å². The average molecular weight is 465 g/mol. The molecular weight excluding hydrogens is 444 g/mol. The van der Waals surface area contributed by atoms with Gasteiger partial charge < -0.3 is 14.8 Å². The first-order chi connectivity index (χ1) is 14.7. The molecule has 0 bridgehead atoms. The molecule has 2 aromatic heterocycles. The van der Waals surface area contributed by atoms with Gasteiger partial charge in [-0.15, -0.1) is 0 Å². The molecular formula is C22H21BrN6O. The van der Waals surface area contributed by atoms with Gasteiger partial charge >= 0.3 is 0 Å². The number of nitriles is 1. The number of rotatable bonds is 6. The number of nitrogens with zero attached hydrogens (tertiary/aromatic N) is 5. The molecule has 3 heterocycles. The van der Waals surface area contributed by atoms with Gasteiger partial charge in [-0.2, -0.15) is 5.26 Å². The first-order valence-corrected chi connectivity index (χ1v) is 10.5. The van der Waals surface area contributed by atoms with Gasteiger partial charge in [-0.05, 0) is 46.6 Å². The Morgan fingerprint density at radius 1 is 1.30 bits per heavy atom. The second-order valence-corrected chi connectivity index (χ2v) is 8.17. The molecule has 1 amide bonds. The molecule has 4 rings (SSSR count). The smallest absolute Gasteiger partial charge is 0.256 e. The van der Waals surface area contributed by atoms with Gasteiger partial charge in [0.2, 0.25) is 0 Å². The predicted octanol–water partition coefficient (Wildman–Crippen LogP) is 2.96. The van der Waals surface area contributed by atoms with Crippen molar-refractivity contribution in [3.05, 3.63) is 82.1 Å². The molecule has 3 aromatic rings. The van der Waals surface area contributed by atoms with E-state index in [0.717, 1.165) is 35.2 Å². The number of carbonyl (C=O) groups excluding carboxylic acids is 1. The number of imidazole rings is 1. The lowest BCUT2D eigenvalue weighted by molar-refractivity contribution is 0.0670. The summed E-state index contributed by atoms with van der Waals surface area (Å²) in [7, 11) is 0. The molecule has 30 heavy (non-hydrogen) atoms. The highest BCUT2D eigenvalue weighted by Crippen LogP contribution is 2.20. The van der Waals surface area contributed by atoms with Crippen molar-refractivity contribution in [1.82, 2.24) is 24.8 Å². The van der Waals surface area contributed by atoms with E-state index in [-0.39, 0.29) is 11.9 Å². The largest absolute Gasteiger partial charge is 0.328 e. The minimum atomic E-state index is -0.0531. The topological polar surface area (TPSA) is 86.8 Å². The highest BCUT2D eigenvalue weighted by molar-refractivity contribution is 9.10. The summed E-state index contributed by atoms with van der Waals surface area (Å²) in [5.74, 6) is -0.0531. The second-order valence-electron chi connectivity index (χ2n) is 7.25. The molecule has 0 radical (unpaired) electrons. The van der Waals surface area contributed by atoms with Crippen molar-refractivity contribution in [1.29, 1.82) is 5.26 Å². The third-order valence-electron chi connectivity index (χ3n) is 5.30. The molecule has 1 aromatic carbocycles. The van der Waals surface area contributed by atoms with Crippen LogP contribution >= 0.6 is 15.9 Å². The van der Waals surface area contributed by atoms with Crippen molar-refractivity contribution < 1.29 is 4.79 Å². The van der Waals surface area contributed by atoms with Crippen molar-refractivity contribution in [2.24, 2.45) is 0 Å². The lowest BCUT2D eigenvalue weighted by Crippen LogP contribution is -2.41. The van der Waals surface area contributed by atoms with Gasteiger partial charge in [-0.3, -0.25) is 9.78 Å². The Morgan fingerprint density at radius 3 is 2.93 bits per heavy atom. The van der Waals surface area contributed by atoms with E-state index in [4.69, 9.17) is 0 Å². The number of pyridine rings is 1. The van der Waals surface area contributed by atoms with E-state index in [2.05, 4.69) is 37.3 Å². The highest BCUT2D eigenvalue weighted by Gasteiger charge is 2.28. The lowest BCUT2D eigenvalue weighted by atomic mass is 10.1. The van der Waals surface area contributed by atoms with Crippen LogP contribution in [0, 0.1) is 11.3 Å². The third-order valence-corrected chi connectivity index (χ3v) is 5.73. The zero-order chi connectivity index (χ0) is 20.9. The van der Waals surface area contributed by atoms with E-state index in [1.165, 1.54) is 0 Å². The van der Waals surface area contributed by atoms with E-state index in [9.17, 15) is 10.1 Å². The molecule has 0 aliphatic carbocycles. The van der Waals surface area contributed by atoms with Crippen molar-refractivity contribution in [2.75, 3.05) is 13.1 Å². The molecule has 1 N–H and O–H groups in total. The molecule has 8 heteroatoms. The van der Waals surface area contributed by atoms with Crippen LogP contribution in [-0.2, 0) is 13.1 Å². The number of aromatic nitrogens is 3. The number of nitrogens with one attached hydrogen (secondary N) is 1. The number of carbonyl (C=O) groups is 1. The Labute approximate surface area is 183 Å². The zero-order valence-electron chi connectivity index (χ0n) is 16.3. The van der Waals surface area contributed by atoms with Gasteiger partial charge in [0.1, 0.15) is 0 Å². The summed E-state index contributed by atoms with van der Waals surface area (Å²) < 4.78 is 2.77. The van der Waals surface area contributed by atoms with E-state index in [0.29, 0.717) is 24.2 Å². The Morgan fingerprint density at radius 2 is 2.17 bits per heavy atom. The summed E-state index contributed by atoms with van der Waals surface area (Å²) in [4.78, 5) is 23.7. The minimum Gasteiger partial charge on any atom is -0.328 e. The molecule has 1 aliphatic heterocycles. The van der Waals surface area contributed by atoms with Crippen LogP contribution in [0.4, 0.5) is 0 Å². The fraction of sp³-hybridized carbons (Fsp3) is 0.273. The number of amides is 1. The molecule has 1 unspecified atom stereocenters. The molecule has 1 saturated heterocycles. The zero-order valence-corrected chi connectivity index (χ0v) is 17.9. The second kappa shape index (κ2) is 9.20. The first kappa shape index (κ1) is 20.3. The Bertz CT molecular complexity index is 1080. The van der Waals surface area contributed by atoms with E-state index >= 15 is 0 Å². The van der Waals surface area contributed by atoms with Crippen LogP contribution in [0.5, 0.6) is 0 Å². The van der Waals surface area contributed by atoms with Gasteiger partial charge in [0.15, 0.2) is 0 Å². The average Bonchev–Trinajstić information content (AvgIpc) is 3.44. The van der Waals surface area contributed by atoms with Crippen LogP contribution in [0.2, 0.25) is 0 Å². The summed E-state index contributed by atoms with van der Waals surface area (Å²) in [6, 6.07) is 11.7. The van der Waals surface area contributed by atoms with Crippen molar-refractivity contribution in [3.63, 3.8) is 0 Å². The van der Waals surface area contributed by atoms with Crippen LogP contribution in [0.15, 0.2) is 59.7 Å². The molecule has 1 atom stereocenters. The normalized spacial score (nSPS) is 15.7. The maximum absolute atomic E-state index is 13.3. The number of hydrogen-bond donors (Lipinski definition) is 1. The molecule has 7 nitrogen and oxygen atoms in total. The van der Waals surface area contributed by atoms with Gasteiger partial charge in [0.25, 0.3) is 5.91 Å². The van der Waals surface area contributed by atoms with Crippen LogP contribution < -0.4 is 5.32 Å². The van der Waals surface area contributed by atoms with Gasteiger partial charge in [0.05, 0.1) is 42.3 Å². The van der Waals surface area contributed by atoms with E-state index in [1.807, 2.05) is 33.7 Å². The fourth-order valence-electron chi connectivity index (χ4n) is 3.71. The van der Waals surface area contributed by atoms with Gasteiger partial charge in [-0.1, -0.05) is 18.2 Å². The van der Waals surface area contributed by atoms with E-state index in [1.54, 1.807) is 31.0 Å².